The summed E-state index contributed by atoms with van der Waals surface area (Å²) in [6.45, 7) is 0.517. The third-order valence-electron chi connectivity index (χ3n) is 4.35. The molecule has 0 bridgehead atoms. The Morgan fingerprint density at radius 3 is 2.75 bits per heavy atom. The molecule has 1 aliphatic heterocycles. The normalized spacial score (nSPS) is 20.0. The number of hydrogen-bond donors (Lipinski definition) is 1. The molecule has 24 heavy (non-hydrogen) atoms. The zero-order valence-electron chi connectivity index (χ0n) is 13.5. The van der Waals surface area contributed by atoms with Gasteiger partial charge in [-0.1, -0.05) is 6.07 Å². The standard InChI is InChI=1S/C17H19N5O2/c1-18-16(24)17(14-12-20-7-8-21-14)5-3-9-22(17)15(23)10-13-4-2-6-19-11-13/h2,4,6-8,11-12H,3,5,9-10H2,1H3,(H,18,24). The van der Waals surface area contributed by atoms with Crippen molar-refractivity contribution in [3.05, 3.63) is 54.4 Å². The second-order valence-corrected chi connectivity index (χ2v) is 5.72. The molecule has 1 atom stereocenters. The van der Waals surface area contributed by atoms with Crippen molar-refractivity contribution in [3.63, 3.8) is 0 Å². The van der Waals surface area contributed by atoms with Gasteiger partial charge in [-0.3, -0.25) is 24.5 Å². The van der Waals surface area contributed by atoms with Crippen molar-refractivity contribution in [1.82, 2.24) is 25.2 Å². The Hall–Kier alpha value is -2.83. The van der Waals surface area contributed by atoms with Gasteiger partial charge in [0.15, 0.2) is 5.54 Å². The van der Waals surface area contributed by atoms with E-state index in [2.05, 4.69) is 20.3 Å². The highest BCUT2D eigenvalue weighted by Crippen LogP contribution is 2.38. The summed E-state index contributed by atoms with van der Waals surface area (Å²) in [5, 5.41) is 2.68. The fourth-order valence-corrected chi connectivity index (χ4v) is 3.27. The van der Waals surface area contributed by atoms with Gasteiger partial charge in [-0.25, -0.2) is 0 Å². The molecule has 0 aromatic carbocycles. The van der Waals surface area contributed by atoms with E-state index in [0.29, 0.717) is 18.7 Å². The van der Waals surface area contributed by atoms with Crippen LogP contribution in [0.15, 0.2) is 43.1 Å². The van der Waals surface area contributed by atoms with E-state index in [-0.39, 0.29) is 18.2 Å². The molecule has 0 radical (unpaired) electrons. The van der Waals surface area contributed by atoms with Crippen molar-refractivity contribution < 1.29 is 9.59 Å². The third-order valence-corrected chi connectivity index (χ3v) is 4.35. The maximum Gasteiger partial charge on any atom is 0.252 e. The lowest BCUT2D eigenvalue weighted by Crippen LogP contribution is -2.55. The van der Waals surface area contributed by atoms with Crippen molar-refractivity contribution >= 4 is 11.8 Å². The Morgan fingerprint density at radius 2 is 2.08 bits per heavy atom. The molecule has 3 heterocycles. The number of amides is 2. The van der Waals surface area contributed by atoms with Gasteiger partial charge in [-0.15, -0.1) is 0 Å². The van der Waals surface area contributed by atoms with Crippen LogP contribution in [0, 0.1) is 0 Å². The molecular formula is C17H19N5O2. The number of likely N-dealkylation sites (tertiary alicyclic amines) is 1. The minimum Gasteiger partial charge on any atom is -0.357 e. The van der Waals surface area contributed by atoms with Crippen LogP contribution in [-0.4, -0.2) is 45.3 Å². The molecule has 1 unspecified atom stereocenters. The van der Waals surface area contributed by atoms with Gasteiger partial charge in [0.25, 0.3) is 5.91 Å². The number of nitrogens with one attached hydrogen (secondary N) is 1. The molecule has 1 N–H and O–H groups in total. The molecule has 3 rings (SSSR count). The number of aromatic nitrogens is 3. The monoisotopic (exact) mass is 325 g/mol. The van der Waals surface area contributed by atoms with Crippen LogP contribution < -0.4 is 5.32 Å². The number of pyridine rings is 1. The largest absolute Gasteiger partial charge is 0.357 e. The minimum atomic E-state index is -1.09. The molecule has 2 aromatic heterocycles. The zero-order chi connectivity index (χ0) is 17.0. The fourth-order valence-electron chi connectivity index (χ4n) is 3.27. The Kier molecular flexibility index (Phi) is 4.50. The van der Waals surface area contributed by atoms with Crippen molar-refractivity contribution in [1.29, 1.82) is 0 Å². The van der Waals surface area contributed by atoms with Gasteiger partial charge in [0, 0.05) is 38.4 Å². The summed E-state index contributed by atoms with van der Waals surface area (Å²) in [6.07, 6.45) is 9.46. The Labute approximate surface area is 140 Å². The fraction of sp³-hybridized carbons (Fsp3) is 0.353. The predicted molar refractivity (Wildman–Crippen MR) is 86.7 cm³/mol. The quantitative estimate of drug-likeness (QED) is 0.893. The average Bonchev–Trinajstić information content (AvgIpc) is 3.09. The van der Waals surface area contributed by atoms with E-state index < -0.39 is 5.54 Å². The molecule has 2 aromatic rings. The number of rotatable bonds is 4. The lowest BCUT2D eigenvalue weighted by Gasteiger charge is -2.36. The molecule has 7 nitrogen and oxygen atoms in total. The summed E-state index contributed by atoms with van der Waals surface area (Å²) in [6, 6.07) is 3.64. The van der Waals surface area contributed by atoms with Crippen molar-refractivity contribution in [3.8, 4) is 0 Å². The zero-order valence-corrected chi connectivity index (χ0v) is 13.5. The Balaban J connectivity index is 1.96. The SMILES string of the molecule is CNC(=O)C1(c2cnccn2)CCCN1C(=O)Cc1cccnc1. The Bertz CT molecular complexity index is 722. The van der Waals surface area contributed by atoms with Crippen LogP contribution in [0.5, 0.6) is 0 Å². The molecule has 124 valence electrons. The Morgan fingerprint density at radius 1 is 1.25 bits per heavy atom. The van der Waals surface area contributed by atoms with E-state index in [1.165, 1.54) is 0 Å². The van der Waals surface area contributed by atoms with Gasteiger partial charge in [-0.05, 0) is 24.5 Å². The molecule has 1 fully saturated rings. The smallest absolute Gasteiger partial charge is 0.252 e. The first kappa shape index (κ1) is 16.0. The van der Waals surface area contributed by atoms with E-state index in [4.69, 9.17) is 0 Å². The summed E-state index contributed by atoms with van der Waals surface area (Å²) < 4.78 is 0. The summed E-state index contributed by atoms with van der Waals surface area (Å²) >= 11 is 0. The summed E-state index contributed by atoms with van der Waals surface area (Å²) in [5.41, 5.74) is 0.225. The van der Waals surface area contributed by atoms with E-state index in [1.807, 2.05) is 6.07 Å². The van der Waals surface area contributed by atoms with E-state index >= 15 is 0 Å². The highest BCUT2D eigenvalue weighted by atomic mass is 16.2. The number of nitrogens with zero attached hydrogens (tertiary/aromatic N) is 4. The number of likely N-dealkylation sites (N-methyl/N-ethyl adjacent to an activating group) is 1. The van der Waals surface area contributed by atoms with Crippen LogP contribution in [0.4, 0.5) is 0 Å². The van der Waals surface area contributed by atoms with Crippen molar-refractivity contribution in [2.75, 3.05) is 13.6 Å². The van der Waals surface area contributed by atoms with Crippen LogP contribution >= 0.6 is 0 Å². The first-order valence-corrected chi connectivity index (χ1v) is 7.86. The topological polar surface area (TPSA) is 88.1 Å². The second kappa shape index (κ2) is 6.74. The predicted octanol–water partition coefficient (Wildman–Crippen LogP) is 0.678. The van der Waals surface area contributed by atoms with Crippen molar-refractivity contribution in [2.45, 2.75) is 24.8 Å². The van der Waals surface area contributed by atoms with Gasteiger partial charge in [-0.2, -0.15) is 0 Å². The van der Waals surface area contributed by atoms with Crippen molar-refractivity contribution in [2.24, 2.45) is 0 Å². The van der Waals surface area contributed by atoms with Crippen LogP contribution in [0.25, 0.3) is 0 Å². The first-order chi connectivity index (χ1) is 11.7. The lowest BCUT2D eigenvalue weighted by atomic mass is 9.90. The van der Waals surface area contributed by atoms with Gasteiger partial charge in [0.2, 0.25) is 5.91 Å². The highest BCUT2D eigenvalue weighted by Gasteiger charge is 2.51. The van der Waals surface area contributed by atoms with Gasteiger partial charge >= 0.3 is 0 Å². The maximum atomic E-state index is 12.9. The van der Waals surface area contributed by atoms with Crippen LogP contribution in [-0.2, 0) is 21.5 Å². The summed E-state index contributed by atoms with van der Waals surface area (Å²) in [4.78, 5) is 39.7. The van der Waals surface area contributed by atoms with Crippen LogP contribution in [0.3, 0.4) is 0 Å². The molecule has 2 amide bonds. The number of carbonyl (C=O) groups is 2. The summed E-state index contributed by atoms with van der Waals surface area (Å²) in [5.74, 6) is -0.352. The molecule has 0 spiro atoms. The van der Waals surface area contributed by atoms with Gasteiger partial charge in [0.05, 0.1) is 18.3 Å². The molecule has 0 saturated carbocycles. The van der Waals surface area contributed by atoms with E-state index in [9.17, 15) is 9.59 Å². The first-order valence-electron chi connectivity index (χ1n) is 7.86. The second-order valence-electron chi connectivity index (χ2n) is 5.72. The molecule has 0 aliphatic carbocycles. The number of hydrogen-bond acceptors (Lipinski definition) is 5. The lowest BCUT2D eigenvalue weighted by molar-refractivity contribution is -0.145. The van der Waals surface area contributed by atoms with Crippen LogP contribution in [0.1, 0.15) is 24.1 Å². The van der Waals surface area contributed by atoms with E-state index in [1.54, 1.807) is 49.0 Å². The summed E-state index contributed by atoms with van der Waals surface area (Å²) in [7, 11) is 1.57. The minimum absolute atomic E-state index is 0.116. The van der Waals surface area contributed by atoms with Crippen LogP contribution in [0.2, 0.25) is 0 Å². The average molecular weight is 325 g/mol. The molecular weight excluding hydrogens is 306 g/mol. The van der Waals surface area contributed by atoms with Gasteiger partial charge in [0.1, 0.15) is 0 Å². The number of carbonyl (C=O) groups excluding carboxylic acids is 2. The molecule has 1 aliphatic rings. The molecule has 7 heteroatoms. The third kappa shape index (κ3) is 2.73. The molecule has 1 saturated heterocycles. The van der Waals surface area contributed by atoms with E-state index in [0.717, 1.165) is 12.0 Å². The maximum absolute atomic E-state index is 12.9. The highest BCUT2D eigenvalue weighted by molar-refractivity contribution is 5.93. The van der Waals surface area contributed by atoms with Gasteiger partial charge < -0.3 is 10.2 Å².